The Kier molecular flexibility index (Phi) is 3.92. The molecule has 1 amide bonds. The molecular formula is C15H18ClN3O. The van der Waals surface area contributed by atoms with E-state index in [1.165, 1.54) is 6.42 Å². The van der Waals surface area contributed by atoms with Gasteiger partial charge in [-0.25, -0.2) is 4.52 Å². The number of pyridine rings is 1. The number of nitrogens with one attached hydrogen (secondary N) is 1. The summed E-state index contributed by atoms with van der Waals surface area (Å²) in [5.41, 5.74) is 1.47. The average molecular weight is 292 g/mol. The minimum atomic E-state index is -0.0479. The van der Waals surface area contributed by atoms with Crippen molar-refractivity contribution in [2.75, 3.05) is 5.88 Å². The van der Waals surface area contributed by atoms with E-state index in [0.717, 1.165) is 24.8 Å². The summed E-state index contributed by atoms with van der Waals surface area (Å²) in [4.78, 5) is 12.4. The van der Waals surface area contributed by atoms with E-state index in [-0.39, 0.29) is 11.9 Å². The monoisotopic (exact) mass is 291 g/mol. The molecule has 1 fully saturated rings. The van der Waals surface area contributed by atoms with Gasteiger partial charge in [0.2, 0.25) is 0 Å². The molecule has 0 spiro atoms. The molecule has 2 atom stereocenters. The topological polar surface area (TPSA) is 46.4 Å². The summed E-state index contributed by atoms with van der Waals surface area (Å²) in [5.74, 6) is 0.948. The lowest BCUT2D eigenvalue weighted by Crippen LogP contribution is -2.42. The molecule has 0 aromatic carbocycles. The fraction of sp³-hybridized carbons (Fsp3) is 0.467. The SMILES string of the molecule is O=C(NC1CCCCC1CCl)c1cnn2ccccc12. The third kappa shape index (κ3) is 2.52. The van der Waals surface area contributed by atoms with Crippen molar-refractivity contribution in [3.8, 4) is 0 Å². The quantitative estimate of drug-likeness (QED) is 0.884. The number of hydrogen-bond donors (Lipinski definition) is 1. The number of hydrogen-bond acceptors (Lipinski definition) is 2. The van der Waals surface area contributed by atoms with Gasteiger partial charge in [-0.05, 0) is 30.9 Å². The molecule has 1 aliphatic carbocycles. The van der Waals surface area contributed by atoms with Crippen molar-refractivity contribution in [2.45, 2.75) is 31.7 Å². The first-order chi connectivity index (χ1) is 9.79. The smallest absolute Gasteiger partial charge is 0.255 e. The van der Waals surface area contributed by atoms with E-state index in [2.05, 4.69) is 10.4 Å². The predicted octanol–water partition coefficient (Wildman–Crippen LogP) is 2.86. The van der Waals surface area contributed by atoms with Crippen molar-refractivity contribution >= 4 is 23.0 Å². The minimum absolute atomic E-state index is 0.0479. The Bertz CT molecular complexity index is 610. The highest BCUT2D eigenvalue weighted by Crippen LogP contribution is 2.26. The van der Waals surface area contributed by atoms with Crippen molar-refractivity contribution in [1.82, 2.24) is 14.9 Å². The van der Waals surface area contributed by atoms with E-state index in [1.54, 1.807) is 10.7 Å². The predicted molar refractivity (Wildman–Crippen MR) is 79.1 cm³/mol. The van der Waals surface area contributed by atoms with Gasteiger partial charge in [0.05, 0.1) is 17.3 Å². The number of nitrogens with zero attached hydrogens (tertiary/aromatic N) is 2. The molecule has 3 rings (SSSR count). The molecule has 0 saturated heterocycles. The molecule has 2 aromatic heterocycles. The number of alkyl halides is 1. The van der Waals surface area contributed by atoms with Gasteiger partial charge in [-0.3, -0.25) is 4.79 Å². The van der Waals surface area contributed by atoms with Gasteiger partial charge in [0.1, 0.15) is 0 Å². The zero-order valence-corrected chi connectivity index (χ0v) is 12.0. The van der Waals surface area contributed by atoms with Gasteiger partial charge >= 0.3 is 0 Å². The van der Waals surface area contributed by atoms with Crippen molar-refractivity contribution in [1.29, 1.82) is 0 Å². The number of fused-ring (bicyclic) bond motifs is 1. The molecule has 0 radical (unpaired) electrons. The highest BCUT2D eigenvalue weighted by molar-refractivity contribution is 6.18. The minimum Gasteiger partial charge on any atom is -0.349 e. The van der Waals surface area contributed by atoms with E-state index in [4.69, 9.17) is 11.6 Å². The largest absolute Gasteiger partial charge is 0.349 e. The summed E-state index contributed by atoms with van der Waals surface area (Å²) in [5, 5.41) is 7.34. The number of amides is 1. The van der Waals surface area contributed by atoms with E-state index in [9.17, 15) is 4.79 Å². The number of carbonyl (C=O) groups is 1. The number of aromatic nitrogens is 2. The zero-order chi connectivity index (χ0) is 13.9. The Balaban J connectivity index is 1.78. The molecule has 2 aromatic rings. The molecule has 20 heavy (non-hydrogen) atoms. The van der Waals surface area contributed by atoms with Crippen LogP contribution in [0.15, 0.2) is 30.6 Å². The Labute approximate surface area is 123 Å². The molecule has 0 bridgehead atoms. The van der Waals surface area contributed by atoms with Crippen LogP contribution in [0, 0.1) is 5.92 Å². The first-order valence-electron chi connectivity index (χ1n) is 7.09. The van der Waals surface area contributed by atoms with Gasteiger partial charge in [-0.1, -0.05) is 18.9 Å². The van der Waals surface area contributed by atoms with Crippen LogP contribution in [0.3, 0.4) is 0 Å². The number of rotatable bonds is 3. The molecule has 1 aliphatic rings. The fourth-order valence-electron chi connectivity index (χ4n) is 2.94. The lowest BCUT2D eigenvalue weighted by Gasteiger charge is -2.30. The molecule has 5 heteroatoms. The normalized spacial score (nSPS) is 22.9. The van der Waals surface area contributed by atoms with Crippen LogP contribution in [0.1, 0.15) is 36.0 Å². The van der Waals surface area contributed by atoms with Crippen molar-refractivity contribution in [3.63, 3.8) is 0 Å². The summed E-state index contributed by atoms with van der Waals surface area (Å²) >= 11 is 6.01. The standard InChI is InChI=1S/C15H18ClN3O/c16-9-11-5-1-2-6-13(11)18-15(20)12-10-17-19-8-4-3-7-14(12)19/h3-4,7-8,10-11,13H,1-2,5-6,9H2,(H,18,20). The van der Waals surface area contributed by atoms with Crippen molar-refractivity contribution in [3.05, 3.63) is 36.2 Å². The van der Waals surface area contributed by atoms with Gasteiger partial charge in [0, 0.05) is 18.1 Å². The van der Waals surface area contributed by atoms with Crippen LogP contribution in [0.25, 0.3) is 5.52 Å². The molecule has 2 unspecified atom stereocenters. The second-order valence-corrected chi connectivity index (χ2v) is 5.68. The molecule has 4 nitrogen and oxygen atoms in total. The van der Waals surface area contributed by atoms with Crippen LogP contribution < -0.4 is 5.32 Å². The van der Waals surface area contributed by atoms with Gasteiger partial charge in [0.15, 0.2) is 0 Å². The summed E-state index contributed by atoms with van der Waals surface area (Å²) in [6, 6.07) is 5.90. The molecule has 106 valence electrons. The van der Waals surface area contributed by atoms with Crippen LogP contribution in [0.5, 0.6) is 0 Å². The number of halogens is 1. The Morgan fingerprint density at radius 2 is 2.25 bits per heavy atom. The van der Waals surface area contributed by atoms with Crippen LogP contribution in [-0.4, -0.2) is 27.4 Å². The zero-order valence-electron chi connectivity index (χ0n) is 11.3. The summed E-state index contributed by atoms with van der Waals surface area (Å²) in [6.45, 7) is 0. The van der Waals surface area contributed by atoms with Gasteiger partial charge < -0.3 is 5.32 Å². The van der Waals surface area contributed by atoms with Crippen LogP contribution in [0.2, 0.25) is 0 Å². The fourth-order valence-corrected chi connectivity index (χ4v) is 3.31. The maximum Gasteiger partial charge on any atom is 0.255 e. The van der Waals surface area contributed by atoms with E-state index < -0.39 is 0 Å². The van der Waals surface area contributed by atoms with Crippen LogP contribution in [-0.2, 0) is 0 Å². The summed E-state index contributed by atoms with van der Waals surface area (Å²) in [6.07, 6.45) is 7.95. The number of carbonyl (C=O) groups excluding carboxylic acids is 1. The van der Waals surface area contributed by atoms with Gasteiger partial charge in [0.25, 0.3) is 5.91 Å². The highest BCUT2D eigenvalue weighted by Gasteiger charge is 2.26. The molecule has 1 N–H and O–H groups in total. The first kappa shape index (κ1) is 13.4. The first-order valence-corrected chi connectivity index (χ1v) is 7.62. The summed E-state index contributed by atoms with van der Waals surface area (Å²) < 4.78 is 1.72. The summed E-state index contributed by atoms with van der Waals surface area (Å²) in [7, 11) is 0. The van der Waals surface area contributed by atoms with Crippen LogP contribution in [0.4, 0.5) is 0 Å². The second-order valence-electron chi connectivity index (χ2n) is 5.37. The molecule has 0 aliphatic heterocycles. The van der Waals surface area contributed by atoms with E-state index in [1.807, 2.05) is 24.4 Å². The lowest BCUT2D eigenvalue weighted by atomic mass is 9.85. The lowest BCUT2D eigenvalue weighted by molar-refractivity contribution is 0.0913. The third-order valence-electron chi connectivity index (χ3n) is 4.09. The van der Waals surface area contributed by atoms with Gasteiger partial charge in [-0.15, -0.1) is 11.6 Å². The van der Waals surface area contributed by atoms with Gasteiger partial charge in [-0.2, -0.15) is 5.10 Å². The molecular weight excluding hydrogens is 274 g/mol. The van der Waals surface area contributed by atoms with E-state index in [0.29, 0.717) is 17.4 Å². The molecule has 1 saturated carbocycles. The van der Waals surface area contributed by atoms with Crippen LogP contribution >= 0.6 is 11.6 Å². The van der Waals surface area contributed by atoms with E-state index >= 15 is 0 Å². The maximum absolute atomic E-state index is 12.4. The maximum atomic E-state index is 12.4. The second kappa shape index (κ2) is 5.83. The Morgan fingerprint density at radius 1 is 1.40 bits per heavy atom. The average Bonchev–Trinajstić information content (AvgIpc) is 2.92. The Morgan fingerprint density at radius 3 is 3.10 bits per heavy atom. The Hall–Kier alpha value is -1.55. The van der Waals surface area contributed by atoms with Crippen molar-refractivity contribution in [2.24, 2.45) is 5.92 Å². The molecule has 2 heterocycles. The third-order valence-corrected chi connectivity index (χ3v) is 4.49. The van der Waals surface area contributed by atoms with Crippen molar-refractivity contribution < 1.29 is 4.79 Å². The highest BCUT2D eigenvalue weighted by atomic mass is 35.5.